The molecule has 2 aliphatic rings. The standard InChI is InChI=1S/C21H23FN2O2/c22-16-8-15(21(23)25)9-19(10-16)26-20-11-17-6-7-18(12-20)24(17)13-14-4-2-1-3-5-14/h1-5,8-10,17-18,20H,6-7,11-13H2,(H2,23,25)/t17-,18+,20?. The second-order valence-electron chi connectivity index (χ2n) is 7.29. The number of benzene rings is 2. The van der Waals surface area contributed by atoms with Crippen molar-refractivity contribution in [2.24, 2.45) is 5.73 Å². The molecule has 2 aromatic rings. The van der Waals surface area contributed by atoms with E-state index in [4.69, 9.17) is 10.5 Å². The summed E-state index contributed by atoms with van der Waals surface area (Å²) in [4.78, 5) is 13.9. The van der Waals surface area contributed by atoms with Gasteiger partial charge in [-0.1, -0.05) is 30.3 Å². The van der Waals surface area contributed by atoms with Crippen molar-refractivity contribution >= 4 is 5.91 Å². The number of rotatable bonds is 5. The number of nitrogens with zero attached hydrogens (tertiary/aromatic N) is 1. The van der Waals surface area contributed by atoms with Crippen LogP contribution in [0.5, 0.6) is 5.75 Å². The molecule has 2 saturated heterocycles. The first-order chi connectivity index (χ1) is 12.6. The molecule has 26 heavy (non-hydrogen) atoms. The number of piperidine rings is 1. The Labute approximate surface area is 152 Å². The van der Waals surface area contributed by atoms with E-state index in [9.17, 15) is 9.18 Å². The molecule has 4 nitrogen and oxygen atoms in total. The molecule has 4 rings (SSSR count). The summed E-state index contributed by atoms with van der Waals surface area (Å²) in [5.41, 5.74) is 6.74. The number of primary amides is 1. The summed E-state index contributed by atoms with van der Waals surface area (Å²) in [5.74, 6) is -0.757. The zero-order chi connectivity index (χ0) is 18.1. The van der Waals surface area contributed by atoms with Crippen molar-refractivity contribution in [2.45, 2.75) is 50.4 Å². The topological polar surface area (TPSA) is 55.6 Å². The predicted molar refractivity (Wildman–Crippen MR) is 97.4 cm³/mol. The summed E-state index contributed by atoms with van der Waals surface area (Å²) in [6.45, 7) is 0.967. The summed E-state index contributed by atoms with van der Waals surface area (Å²) in [7, 11) is 0. The minimum Gasteiger partial charge on any atom is -0.490 e. The highest BCUT2D eigenvalue weighted by atomic mass is 19.1. The second-order valence-corrected chi connectivity index (χ2v) is 7.29. The molecule has 0 aromatic heterocycles. The van der Waals surface area contributed by atoms with E-state index in [0.29, 0.717) is 17.8 Å². The van der Waals surface area contributed by atoms with Crippen LogP contribution >= 0.6 is 0 Å². The van der Waals surface area contributed by atoms with E-state index in [1.54, 1.807) is 0 Å². The number of fused-ring (bicyclic) bond motifs is 2. The number of hydrogen-bond donors (Lipinski definition) is 1. The Morgan fingerprint density at radius 1 is 1.12 bits per heavy atom. The zero-order valence-electron chi connectivity index (χ0n) is 14.6. The van der Waals surface area contributed by atoms with Gasteiger partial charge in [0.15, 0.2) is 0 Å². The number of halogens is 1. The lowest BCUT2D eigenvalue weighted by Gasteiger charge is -2.39. The van der Waals surface area contributed by atoms with Crippen LogP contribution < -0.4 is 10.5 Å². The van der Waals surface area contributed by atoms with Crippen LogP contribution in [0.3, 0.4) is 0 Å². The molecule has 2 heterocycles. The number of hydrogen-bond acceptors (Lipinski definition) is 3. The van der Waals surface area contributed by atoms with Gasteiger partial charge in [0, 0.05) is 30.3 Å². The van der Waals surface area contributed by atoms with Crippen LogP contribution in [0.15, 0.2) is 48.5 Å². The maximum absolute atomic E-state index is 13.7. The van der Waals surface area contributed by atoms with Gasteiger partial charge in [-0.2, -0.15) is 0 Å². The smallest absolute Gasteiger partial charge is 0.248 e. The van der Waals surface area contributed by atoms with Gasteiger partial charge in [0.1, 0.15) is 17.7 Å². The van der Waals surface area contributed by atoms with Crippen LogP contribution in [0.4, 0.5) is 4.39 Å². The fourth-order valence-electron chi connectivity index (χ4n) is 4.34. The average molecular weight is 354 g/mol. The maximum Gasteiger partial charge on any atom is 0.248 e. The van der Waals surface area contributed by atoms with Gasteiger partial charge in [-0.3, -0.25) is 9.69 Å². The normalized spacial score (nSPS) is 25.2. The van der Waals surface area contributed by atoms with E-state index < -0.39 is 11.7 Å². The molecule has 136 valence electrons. The summed E-state index contributed by atoms with van der Waals surface area (Å²) in [6.07, 6.45) is 4.24. The summed E-state index contributed by atoms with van der Waals surface area (Å²) in [5, 5.41) is 0. The Bertz CT molecular complexity index is 782. The first-order valence-corrected chi connectivity index (χ1v) is 9.15. The highest BCUT2D eigenvalue weighted by molar-refractivity contribution is 5.93. The summed E-state index contributed by atoms with van der Waals surface area (Å²) < 4.78 is 19.7. The molecule has 0 aliphatic carbocycles. The van der Waals surface area contributed by atoms with Gasteiger partial charge < -0.3 is 10.5 Å². The number of nitrogens with two attached hydrogens (primary N) is 1. The Morgan fingerprint density at radius 3 is 2.46 bits per heavy atom. The fraction of sp³-hybridized carbons (Fsp3) is 0.381. The van der Waals surface area contributed by atoms with Crippen LogP contribution in [0.1, 0.15) is 41.6 Å². The molecule has 2 bridgehead atoms. The summed E-state index contributed by atoms with van der Waals surface area (Å²) in [6, 6.07) is 15.5. The lowest BCUT2D eigenvalue weighted by Crippen LogP contribution is -2.45. The molecule has 0 spiro atoms. The van der Waals surface area contributed by atoms with Crippen LogP contribution in [0.25, 0.3) is 0 Å². The predicted octanol–water partition coefficient (Wildman–Crippen LogP) is 3.50. The lowest BCUT2D eigenvalue weighted by molar-refractivity contribution is 0.0443. The van der Waals surface area contributed by atoms with Crippen LogP contribution in [0, 0.1) is 5.82 Å². The third-order valence-electron chi connectivity index (χ3n) is 5.51. The van der Waals surface area contributed by atoms with E-state index in [-0.39, 0.29) is 11.7 Å². The van der Waals surface area contributed by atoms with Crippen LogP contribution in [-0.2, 0) is 6.54 Å². The average Bonchev–Trinajstić information content (AvgIpc) is 2.85. The Morgan fingerprint density at radius 2 is 1.81 bits per heavy atom. The van der Waals surface area contributed by atoms with Gasteiger partial charge in [-0.15, -0.1) is 0 Å². The Balaban J connectivity index is 1.43. The van der Waals surface area contributed by atoms with Crippen molar-refractivity contribution in [3.8, 4) is 5.75 Å². The third kappa shape index (κ3) is 3.58. The number of amides is 1. The van der Waals surface area contributed by atoms with Crippen LogP contribution in [0.2, 0.25) is 0 Å². The molecule has 3 atom stereocenters. The van der Waals surface area contributed by atoms with Gasteiger partial charge >= 0.3 is 0 Å². The van der Waals surface area contributed by atoms with E-state index in [0.717, 1.165) is 25.5 Å². The fourth-order valence-corrected chi connectivity index (χ4v) is 4.34. The number of ether oxygens (including phenoxy) is 1. The summed E-state index contributed by atoms with van der Waals surface area (Å²) >= 11 is 0. The molecule has 1 amide bonds. The molecule has 1 unspecified atom stereocenters. The maximum atomic E-state index is 13.7. The van der Waals surface area contributed by atoms with Gasteiger partial charge in [0.05, 0.1) is 0 Å². The number of carbonyl (C=O) groups is 1. The van der Waals surface area contributed by atoms with Crippen molar-refractivity contribution in [1.82, 2.24) is 4.90 Å². The third-order valence-corrected chi connectivity index (χ3v) is 5.51. The molecular weight excluding hydrogens is 331 g/mol. The molecule has 5 heteroatoms. The quantitative estimate of drug-likeness (QED) is 0.894. The Kier molecular flexibility index (Phi) is 4.64. The highest BCUT2D eigenvalue weighted by Crippen LogP contribution is 2.38. The van der Waals surface area contributed by atoms with E-state index in [2.05, 4.69) is 29.2 Å². The second kappa shape index (κ2) is 7.08. The van der Waals surface area contributed by atoms with Gasteiger partial charge in [-0.25, -0.2) is 4.39 Å². The zero-order valence-corrected chi connectivity index (χ0v) is 14.6. The first-order valence-electron chi connectivity index (χ1n) is 9.15. The van der Waals surface area contributed by atoms with Crippen molar-refractivity contribution in [2.75, 3.05) is 0 Å². The van der Waals surface area contributed by atoms with E-state index in [1.165, 1.54) is 30.5 Å². The van der Waals surface area contributed by atoms with Crippen molar-refractivity contribution in [3.63, 3.8) is 0 Å². The SMILES string of the molecule is NC(=O)c1cc(F)cc(OC2C[C@H]3CC[C@@H](C2)N3Cc2ccccc2)c1. The minimum absolute atomic E-state index is 0.0436. The monoisotopic (exact) mass is 354 g/mol. The van der Waals surface area contributed by atoms with Crippen LogP contribution in [-0.4, -0.2) is 29.0 Å². The van der Waals surface area contributed by atoms with Crippen molar-refractivity contribution in [3.05, 3.63) is 65.5 Å². The van der Waals surface area contributed by atoms with Crippen molar-refractivity contribution in [1.29, 1.82) is 0 Å². The molecular formula is C21H23FN2O2. The molecule has 0 saturated carbocycles. The molecule has 0 radical (unpaired) electrons. The Hall–Kier alpha value is -2.40. The molecule has 2 aliphatic heterocycles. The number of carbonyl (C=O) groups excluding carboxylic acids is 1. The van der Waals surface area contributed by atoms with Gasteiger partial charge in [0.2, 0.25) is 5.91 Å². The molecule has 2 aromatic carbocycles. The van der Waals surface area contributed by atoms with Gasteiger partial charge in [-0.05, 0) is 43.4 Å². The lowest BCUT2D eigenvalue weighted by atomic mass is 9.98. The highest BCUT2D eigenvalue weighted by Gasteiger charge is 2.41. The molecule has 2 fully saturated rings. The van der Waals surface area contributed by atoms with Gasteiger partial charge in [0.25, 0.3) is 0 Å². The largest absolute Gasteiger partial charge is 0.490 e. The molecule has 2 N–H and O–H groups in total. The van der Waals surface area contributed by atoms with Crippen molar-refractivity contribution < 1.29 is 13.9 Å². The van der Waals surface area contributed by atoms with E-state index >= 15 is 0 Å². The van der Waals surface area contributed by atoms with E-state index in [1.807, 2.05) is 6.07 Å². The minimum atomic E-state index is -0.646. The first kappa shape index (κ1) is 17.0.